The molecule has 1 N–H and O–H groups in total. The molecular formula is C26H38N2O4S. The van der Waals surface area contributed by atoms with E-state index < -0.39 is 16.1 Å². The third-order valence-corrected chi connectivity index (χ3v) is 7.04. The maximum Gasteiger partial charge on any atom is 0.244 e. The molecule has 6 nitrogen and oxygen atoms in total. The number of aryl methyl sites for hydroxylation is 3. The Balaban J connectivity index is 2.42. The molecule has 7 heteroatoms. The number of anilines is 1. The number of hydrogen-bond donors (Lipinski definition) is 1. The van der Waals surface area contributed by atoms with E-state index >= 15 is 0 Å². The molecule has 0 saturated carbocycles. The summed E-state index contributed by atoms with van der Waals surface area (Å²) in [7, 11) is -2.03. The number of benzene rings is 2. The van der Waals surface area contributed by atoms with E-state index in [0.717, 1.165) is 39.8 Å². The van der Waals surface area contributed by atoms with Crippen LogP contribution in [0.5, 0.6) is 5.75 Å². The molecule has 0 saturated heterocycles. The van der Waals surface area contributed by atoms with Gasteiger partial charge in [0.25, 0.3) is 0 Å². The first-order valence-corrected chi connectivity index (χ1v) is 13.2. The van der Waals surface area contributed by atoms with E-state index in [2.05, 4.69) is 25.2 Å². The Morgan fingerprint density at radius 3 is 2.03 bits per heavy atom. The van der Waals surface area contributed by atoms with E-state index in [-0.39, 0.29) is 17.9 Å². The van der Waals surface area contributed by atoms with Crippen LogP contribution in [0.25, 0.3) is 0 Å². The second-order valence-electron chi connectivity index (χ2n) is 9.16. The van der Waals surface area contributed by atoms with Gasteiger partial charge in [-0.1, -0.05) is 26.8 Å². The van der Waals surface area contributed by atoms with Crippen molar-refractivity contribution in [2.24, 2.45) is 0 Å². The fourth-order valence-corrected chi connectivity index (χ4v) is 5.53. The highest BCUT2D eigenvalue weighted by Gasteiger charge is 2.32. The van der Waals surface area contributed by atoms with E-state index in [1.807, 2.05) is 46.8 Å². The molecule has 0 radical (unpaired) electrons. The van der Waals surface area contributed by atoms with Crippen molar-refractivity contribution in [1.82, 2.24) is 5.32 Å². The average molecular weight is 475 g/mol. The summed E-state index contributed by atoms with van der Waals surface area (Å²) in [4.78, 5) is 13.4. The highest BCUT2D eigenvalue weighted by atomic mass is 32.2. The Morgan fingerprint density at radius 1 is 1.00 bits per heavy atom. The summed E-state index contributed by atoms with van der Waals surface area (Å²) in [5.74, 6) is 0.765. The Hall–Kier alpha value is -2.54. The molecule has 33 heavy (non-hydrogen) atoms. The summed E-state index contributed by atoms with van der Waals surface area (Å²) in [5, 5.41) is 3.06. The summed E-state index contributed by atoms with van der Waals surface area (Å²) in [6.45, 7) is 13.8. The van der Waals surface area contributed by atoms with Crippen LogP contribution in [0.1, 0.15) is 73.9 Å². The first kappa shape index (κ1) is 26.7. The first-order chi connectivity index (χ1) is 15.3. The smallest absolute Gasteiger partial charge is 0.244 e. The molecule has 0 aliphatic carbocycles. The van der Waals surface area contributed by atoms with Gasteiger partial charge in [-0.05, 0) is 92.1 Å². The Labute approximate surface area is 199 Å². The lowest BCUT2D eigenvalue weighted by Gasteiger charge is -2.32. The minimum atomic E-state index is -3.69. The first-order valence-electron chi connectivity index (χ1n) is 11.4. The summed E-state index contributed by atoms with van der Waals surface area (Å²) in [6, 6.07) is 8.49. The quantitative estimate of drug-likeness (QED) is 0.544. The number of methoxy groups -OCH3 is 1. The van der Waals surface area contributed by atoms with E-state index in [1.165, 1.54) is 4.31 Å². The van der Waals surface area contributed by atoms with Gasteiger partial charge in [-0.3, -0.25) is 9.10 Å². The van der Waals surface area contributed by atoms with Gasteiger partial charge < -0.3 is 10.1 Å². The molecule has 0 aliphatic rings. The third kappa shape index (κ3) is 6.28. The zero-order valence-electron chi connectivity index (χ0n) is 21.3. The van der Waals surface area contributed by atoms with Crippen LogP contribution in [0.4, 0.5) is 5.69 Å². The minimum absolute atomic E-state index is 0.260. The van der Waals surface area contributed by atoms with Crippen molar-refractivity contribution in [3.8, 4) is 5.75 Å². The maximum atomic E-state index is 13.4. The highest BCUT2D eigenvalue weighted by Crippen LogP contribution is 2.32. The van der Waals surface area contributed by atoms with Crippen LogP contribution in [0.3, 0.4) is 0 Å². The van der Waals surface area contributed by atoms with Crippen molar-refractivity contribution in [3.63, 3.8) is 0 Å². The van der Waals surface area contributed by atoms with Crippen LogP contribution in [0.2, 0.25) is 0 Å². The van der Waals surface area contributed by atoms with Crippen LogP contribution >= 0.6 is 0 Å². The van der Waals surface area contributed by atoms with Crippen molar-refractivity contribution >= 4 is 21.6 Å². The Morgan fingerprint density at radius 2 is 1.58 bits per heavy atom. The predicted octanol–water partition coefficient (Wildman–Crippen LogP) is 5.17. The van der Waals surface area contributed by atoms with Gasteiger partial charge in [0.15, 0.2) is 0 Å². The number of hydrogen-bond acceptors (Lipinski definition) is 4. The maximum absolute atomic E-state index is 13.4. The molecule has 1 amide bonds. The molecule has 2 rings (SSSR count). The van der Waals surface area contributed by atoms with Crippen LogP contribution in [-0.4, -0.2) is 33.7 Å². The van der Waals surface area contributed by atoms with Gasteiger partial charge in [0.05, 0.1) is 25.1 Å². The van der Waals surface area contributed by atoms with Crippen LogP contribution in [-0.2, 0) is 14.8 Å². The van der Waals surface area contributed by atoms with Crippen molar-refractivity contribution < 1.29 is 17.9 Å². The minimum Gasteiger partial charge on any atom is -0.496 e. The topological polar surface area (TPSA) is 75.7 Å². The number of carbonyl (C=O) groups is 1. The zero-order valence-corrected chi connectivity index (χ0v) is 22.1. The molecular weight excluding hydrogens is 436 g/mol. The van der Waals surface area contributed by atoms with Gasteiger partial charge in [-0.25, -0.2) is 8.42 Å². The molecule has 0 bridgehead atoms. The molecule has 0 heterocycles. The molecule has 2 aromatic rings. The fraction of sp³-hybridized carbons (Fsp3) is 0.500. The summed E-state index contributed by atoms with van der Waals surface area (Å²) < 4.78 is 32.4. The predicted molar refractivity (Wildman–Crippen MR) is 136 cm³/mol. The molecule has 0 aromatic heterocycles. The monoisotopic (exact) mass is 474 g/mol. The lowest BCUT2D eigenvalue weighted by Crippen LogP contribution is -2.49. The molecule has 0 aliphatic heterocycles. The number of nitrogens with one attached hydrogen (secondary N) is 1. The molecule has 182 valence electrons. The summed E-state index contributed by atoms with van der Waals surface area (Å²) in [5.41, 5.74) is 5.45. The second-order valence-corrected chi connectivity index (χ2v) is 11.0. The van der Waals surface area contributed by atoms with Gasteiger partial charge in [0.2, 0.25) is 15.9 Å². The van der Waals surface area contributed by atoms with Gasteiger partial charge >= 0.3 is 0 Å². The number of rotatable bonds is 9. The highest BCUT2D eigenvalue weighted by molar-refractivity contribution is 7.92. The standard InChI is InChI=1S/C26H38N2O4S/c1-10-24(28(33(9,30)31)21-12-17(4)11-18(5)13-21)26(29)27-20(7)23-15-22(16(2)3)25(32-8)14-19(23)6/h11-16,20,24H,10H2,1-9H3,(H,27,29). The number of amides is 1. The molecule has 0 spiro atoms. The third-order valence-electron chi connectivity index (χ3n) is 5.86. The van der Waals surface area contributed by atoms with Crippen molar-refractivity contribution in [2.75, 3.05) is 17.7 Å². The van der Waals surface area contributed by atoms with Gasteiger partial charge in [-0.15, -0.1) is 0 Å². The van der Waals surface area contributed by atoms with Crippen molar-refractivity contribution in [2.45, 2.75) is 72.9 Å². The number of sulfonamides is 1. The Bertz CT molecular complexity index is 1090. The molecule has 2 atom stereocenters. The number of carbonyl (C=O) groups excluding carboxylic acids is 1. The SMILES string of the molecule is CCC(C(=O)NC(C)c1cc(C(C)C)c(OC)cc1C)N(c1cc(C)cc(C)c1)S(C)(=O)=O. The number of nitrogens with zero attached hydrogens (tertiary/aromatic N) is 1. The lowest BCUT2D eigenvalue weighted by molar-refractivity contribution is -0.122. The summed E-state index contributed by atoms with van der Waals surface area (Å²) in [6.07, 6.45) is 1.49. The van der Waals surface area contributed by atoms with E-state index in [1.54, 1.807) is 19.2 Å². The zero-order chi connectivity index (χ0) is 25.1. The molecule has 2 aromatic carbocycles. The number of ether oxygens (including phenoxy) is 1. The second kappa shape index (κ2) is 10.6. The van der Waals surface area contributed by atoms with Crippen molar-refractivity contribution in [1.29, 1.82) is 0 Å². The summed E-state index contributed by atoms with van der Waals surface area (Å²) >= 11 is 0. The van der Waals surface area contributed by atoms with Crippen LogP contribution < -0.4 is 14.4 Å². The molecule has 0 fully saturated rings. The van der Waals surface area contributed by atoms with E-state index in [0.29, 0.717) is 12.1 Å². The van der Waals surface area contributed by atoms with Crippen LogP contribution in [0, 0.1) is 20.8 Å². The van der Waals surface area contributed by atoms with E-state index in [9.17, 15) is 13.2 Å². The Kier molecular flexibility index (Phi) is 8.57. The van der Waals surface area contributed by atoms with E-state index in [4.69, 9.17) is 4.74 Å². The molecule has 2 unspecified atom stereocenters. The van der Waals surface area contributed by atoms with Crippen molar-refractivity contribution in [3.05, 3.63) is 58.1 Å². The average Bonchev–Trinajstić information content (AvgIpc) is 2.69. The fourth-order valence-electron chi connectivity index (χ4n) is 4.34. The largest absolute Gasteiger partial charge is 0.496 e. The van der Waals surface area contributed by atoms with Crippen LogP contribution in [0.15, 0.2) is 30.3 Å². The van der Waals surface area contributed by atoms with Gasteiger partial charge in [0, 0.05) is 0 Å². The van der Waals surface area contributed by atoms with Gasteiger partial charge in [-0.2, -0.15) is 0 Å². The van der Waals surface area contributed by atoms with Gasteiger partial charge in [0.1, 0.15) is 11.8 Å². The normalized spacial score (nSPS) is 13.5. The lowest BCUT2D eigenvalue weighted by atomic mass is 9.93.